The summed E-state index contributed by atoms with van der Waals surface area (Å²) in [5.41, 5.74) is 3.61. The van der Waals surface area contributed by atoms with Gasteiger partial charge in [0.15, 0.2) is 5.82 Å². The maximum absolute atomic E-state index is 13.4. The lowest BCUT2D eigenvalue weighted by Gasteiger charge is -2.39. The van der Waals surface area contributed by atoms with Crippen molar-refractivity contribution in [3.05, 3.63) is 87.2 Å². The van der Waals surface area contributed by atoms with Gasteiger partial charge in [0.1, 0.15) is 5.82 Å². The van der Waals surface area contributed by atoms with Gasteiger partial charge in [0.25, 0.3) is 5.56 Å². The van der Waals surface area contributed by atoms with Crippen LogP contribution in [-0.4, -0.2) is 36.1 Å². The van der Waals surface area contributed by atoms with Crippen LogP contribution in [0.5, 0.6) is 0 Å². The van der Waals surface area contributed by atoms with Crippen LogP contribution in [0.25, 0.3) is 10.9 Å². The maximum atomic E-state index is 13.4. The quantitative estimate of drug-likeness (QED) is 0.364. The Morgan fingerprint density at radius 2 is 1.92 bits per heavy atom. The van der Waals surface area contributed by atoms with Crippen molar-refractivity contribution in [2.24, 2.45) is 0 Å². The third kappa shape index (κ3) is 5.09. The number of aryl methyl sites for hydroxylation is 1. The van der Waals surface area contributed by atoms with Crippen LogP contribution < -0.4 is 5.56 Å². The molecule has 2 heterocycles. The van der Waals surface area contributed by atoms with Crippen LogP contribution in [0.2, 0.25) is 0 Å². The van der Waals surface area contributed by atoms with Crippen molar-refractivity contribution in [2.75, 3.05) is 0 Å². The molecular formula is C28H33FN6O. The number of para-hydroxylation sites is 1. The number of pyridine rings is 1. The third-order valence-electron chi connectivity index (χ3n) is 7.45. The molecule has 188 valence electrons. The smallest absolute Gasteiger partial charge is 0.252 e. The fraction of sp³-hybridized carbons (Fsp3) is 0.429. The minimum absolute atomic E-state index is 0.0432. The van der Waals surface area contributed by atoms with Crippen LogP contribution in [0, 0.1) is 12.7 Å². The van der Waals surface area contributed by atoms with Crippen LogP contribution in [-0.2, 0) is 13.1 Å². The Bertz CT molecular complexity index is 1370. The number of halogens is 1. The topological polar surface area (TPSA) is 79.7 Å². The number of H-pyrrole nitrogens is 1. The number of rotatable bonds is 8. The van der Waals surface area contributed by atoms with Crippen molar-refractivity contribution in [3.63, 3.8) is 0 Å². The highest BCUT2D eigenvalue weighted by atomic mass is 19.1. The highest BCUT2D eigenvalue weighted by molar-refractivity contribution is 5.81. The lowest BCUT2D eigenvalue weighted by molar-refractivity contribution is 0.0844. The first-order chi connectivity index (χ1) is 17.5. The number of fused-ring (bicyclic) bond motifs is 1. The molecule has 1 atom stereocenters. The van der Waals surface area contributed by atoms with Crippen LogP contribution in [0.3, 0.4) is 0 Å². The number of nitrogens with one attached hydrogen (secondary N) is 1. The van der Waals surface area contributed by atoms with Gasteiger partial charge in [-0.25, -0.2) is 9.07 Å². The highest BCUT2D eigenvalue weighted by Gasteiger charge is 2.32. The van der Waals surface area contributed by atoms with E-state index in [0.29, 0.717) is 19.1 Å². The van der Waals surface area contributed by atoms with Gasteiger partial charge in [-0.15, -0.1) is 5.10 Å². The molecule has 0 radical (unpaired) electrons. The summed E-state index contributed by atoms with van der Waals surface area (Å²) < 4.78 is 15.2. The molecule has 1 saturated carbocycles. The Morgan fingerprint density at radius 1 is 1.14 bits per heavy atom. The fourth-order valence-electron chi connectivity index (χ4n) is 5.54. The number of hydrogen-bond donors (Lipinski definition) is 1. The van der Waals surface area contributed by atoms with Gasteiger partial charge in [-0.2, -0.15) is 0 Å². The van der Waals surface area contributed by atoms with E-state index in [9.17, 15) is 9.18 Å². The number of aromatic amines is 1. The molecule has 1 fully saturated rings. The predicted octanol–water partition coefficient (Wildman–Crippen LogP) is 5.30. The zero-order chi connectivity index (χ0) is 25.1. The molecule has 8 heteroatoms. The van der Waals surface area contributed by atoms with E-state index in [4.69, 9.17) is 0 Å². The average molecular weight is 489 g/mol. The molecule has 1 aliphatic rings. The van der Waals surface area contributed by atoms with E-state index in [1.165, 1.54) is 31.4 Å². The fourth-order valence-corrected chi connectivity index (χ4v) is 5.54. The summed E-state index contributed by atoms with van der Waals surface area (Å²) in [5.74, 6) is 0.516. The molecule has 0 spiro atoms. The minimum Gasteiger partial charge on any atom is -0.321 e. The molecule has 36 heavy (non-hydrogen) atoms. The van der Waals surface area contributed by atoms with Gasteiger partial charge in [-0.05, 0) is 71.3 Å². The van der Waals surface area contributed by atoms with E-state index in [1.54, 1.807) is 12.1 Å². The molecule has 4 aromatic rings. The van der Waals surface area contributed by atoms with E-state index < -0.39 is 0 Å². The zero-order valence-electron chi connectivity index (χ0n) is 21.0. The number of tetrazole rings is 1. The van der Waals surface area contributed by atoms with Gasteiger partial charge < -0.3 is 4.98 Å². The molecule has 1 N–H and O–H groups in total. The lowest BCUT2D eigenvalue weighted by Crippen LogP contribution is -2.41. The van der Waals surface area contributed by atoms with Gasteiger partial charge >= 0.3 is 0 Å². The largest absolute Gasteiger partial charge is 0.321 e. The second kappa shape index (κ2) is 10.7. The number of hydrogen-bond acceptors (Lipinski definition) is 5. The summed E-state index contributed by atoms with van der Waals surface area (Å²) >= 11 is 0. The summed E-state index contributed by atoms with van der Waals surface area (Å²) in [6, 6.07) is 14.9. The van der Waals surface area contributed by atoms with Gasteiger partial charge in [0.2, 0.25) is 0 Å². The lowest BCUT2D eigenvalue weighted by atomic mass is 9.92. The summed E-state index contributed by atoms with van der Waals surface area (Å²) in [4.78, 5) is 18.7. The van der Waals surface area contributed by atoms with E-state index in [-0.39, 0.29) is 17.4 Å². The predicted molar refractivity (Wildman–Crippen MR) is 138 cm³/mol. The molecular weight excluding hydrogens is 455 g/mol. The molecule has 0 amide bonds. The van der Waals surface area contributed by atoms with Crippen molar-refractivity contribution >= 4 is 10.9 Å². The molecule has 2 aromatic heterocycles. The normalized spacial score (nSPS) is 15.6. The van der Waals surface area contributed by atoms with Crippen LogP contribution in [0.4, 0.5) is 4.39 Å². The Morgan fingerprint density at radius 3 is 2.67 bits per heavy atom. The van der Waals surface area contributed by atoms with E-state index in [2.05, 4.69) is 32.3 Å². The van der Waals surface area contributed by atoms with Crippen LogP contribution in [0.1, 0.15) is 74.0 Å². The zero-order valence-corrected chi connectivity index (χ0v) is 21.0. The molecule has 2 aromatic carbocycles. The first-order valence-corrected chi connectivity index (χ1v) is 12.9. The van der Waals surface area contributed by atoms with Crippen molar-refractivity contribution in [1.29, 1.82) is 0 Å². The number of aromatic nitrogens is 5. The summed E-state index contributed by atoms with van der Waals surface area (Å²) in [6.45, 7) is 5.16. The van der Waals surface area contributed by atoms with Crippen molar-refractivity contribution in [1.82, 2.24) is 30.1 Å². The summed E-state index contributed by atoms with van der Waals surface area (Å²) in [7, 11) is 0. The van der Waals surface area contributed by atoms with Gasteiger partial charge in [-0.3, -0.25) is 9.69 Å². The van der Waals surface area contributed by atoms with Gasteiger partial charge in [0, 0.05) is 18.2 Å². The minimum atomic E-state index is -0.263. The SMILES string of the molecule is CCC(c1nnnn1Cc1ccc(F)cc1)N(Cc1cc2cccc(C)c2[nH]c1=O)C1CCCCC1. The maximum Gasteiger partial charge on any atom is 0.252 e. The highest BCUT2D eigenvalue weighted by Crippen LogP contribution is 2.33. The molecule has 1 aliphatic carbocycles. The van der Waals surface area contributed by atoms with E-state index in [1.807, 2.05) is 35.9 Å². The van der Waals surface area contributed by atoms with Crippen molar-refractivity contribution < 1.29 is 4.39 Å². The number of benzene rings is 2. The Hall–Kier alpha value is -3.39. The number of nitrogens with zero attached hydrogens (tertiary/aromatic N) is 5. The Kier molecular flexibility index (Phi) is 7.23. The molecule has 1 unspecified atom stereocenters. The van der Waals surface area contributed by atoms with Gasteiger partial charge in [-0.1, -0.05) is 56.5 Å². The van der Waals surface area contributed by atoms with E-state index in [0.717, 1.165) is 52.7 Å². The summed E-state index contributed by atoms with van der Waals surface area (Å²) in [5, 5.41) is 13.8. The summed E-state index contributed by atoms with van der Waals surface area (Å²) in [6.07, 6.45) is 6.63. The molecule has 5 rings (SSSR count). The Labute approximate surface area is 210 Å². The third-order valence-corrected chi connectivity index (χ3v) is 7.45. The van der Waals surface area contributed by atoms with Crippen LogP contribution >= 0.6 is 0 Å². The van der Waals surface area contributed by atoms with E-state index >= 15 is 0 Å². The van der Waals surface area contributed by atoms with Crippen LogP contribution in [0.15, 0.2) is 53.3 Å². The Balaban J connectivity index is 1.50. The average Bonchev–Trinajstić information content (AvgIpc) is 3.34. The second-order valence-corrected chi connectivity index (χ2v) is 9.87. The monoisotopic (exact) mass is 488 g/mol. The molecule has 0 aliphatic heterocycles. The first kappa shape index (κ1) is 24.3. The van der Waals surface area contributed by atoms with Gasteiger partial charge in [0.05, 0.1) is 18.1 Å². The molecule has 0 bridgehead atoms. The molecule has 0 saturated heterocycles. The van der Waals surface area contributed by atoms with Crippen molar-refractivity contribution in [3.8, 4) is 0 Å². The molecule has 7 nitrogen and oxygen atoms in total. The standard InChI is InChI=1S/C28H33FN6O/c1-3-25(27-31-32-33-35(27)17-20-12-14-23(29)15-13-20)34(24-10-5-4-6-11-24)18-22-16-21-9-7-8-19(2)26(21)30-28(22)36/h7-9,12-16,24-25H,3-6,10-11,17-18H2,1-2H3,(H,30,36). The second-order valence-electron chi connectivity index (χ2n) is 9.87. The first-order valence-electron chi connectivity index (χ1n) is 12.9. The van der Waals surface area contributed by atoms with Crippen molar-refractivity contribution in [2.45, 2.75) is 77.5 Å².